The van der Waals surface area contributed by atoms with Gasteiger partial charge in [-0.3, -0.25) is 9.80 Å². The summed E-state index contributed by atoms with van der Waals surface area (Å²) in [5.41, 5.74) is 1.07. The number of rotatable bonds is 0. The first kappa shape index (κ1) is 18.8. The van der Waals surface area contributed by atoms with Gasteiger partial charge in [-0.1, -0.05) is 12.8 Å². The van der Waals surface area contributed by atoms with Crippen LogP contribution in [0.2, 0.25) is 0 Å². The van der Waals surface area contributed by atoms with Gasteiger partial charge in [-0.15, -0.1) is 0 Å². The summed E-state index contributed by atoms with van der Waals surface area (Å²) in [6.07, 6.45) is 10.2. The SMILES string of the molecule is C[C@@]12CCCCN1CC1CC2CN2CCCC[C@]12C.[O-][Cl+3]([O-])([O-])O. The lowest BCUT2D eigenvalue weighted by Gasteiger charge is -2.65. The highest BCUT2D eigenvalue weighted by molar-refractivity contribution is 5.11. The molecule has 4 atom stereocenters. The van der Waals surface area contributed by atoms with E-state index in [-0.39, 0.29) is 0 Å². The predicted octanol–water partition coefficient (Wildman–Crippen LogP) is -0.999. The van der Waals surface area contributed by atoms with Crippen molar-refractivity contribution in [2.24, 2.45) is 11.8 Å². The monoisotopic (exact) mass is 362 g/mol. The Morgan fingerprint density at radius 1 is 0.833 bits per heavy atom. The molecule has 0 amide bonds. The van der Waals surface area contributed by atoms with Gasteiger partial charge in [0.15, 0.2) is 0 Å². The van der Waals surface area contributed by atoms with Gasteiger partial charge in [0.2, 0.25) is 0 Å². The number of halogens is 1. The second-order valence-electron chi connectivity index (χ2n) is 8.55. The van der Waals surface area contributed by atoms with Gasteiger partial charge >= 0.3 is 0 Å². The zero-order valence-corrected chi connectivity index (χ0v) is 15.6. The van der Waals surface area contributed by atoms with Crippen LogP contribution in [0.25, 0.3) is 0 Å². The van der Waals surface area contributed by atoms with Crippen LogP contribution in [0.5, 0.6) is 0 Å². The molecule has 1 N–H and O–H groups in total. The van der Waals surface area contributed by atoms with Crippen LogP contribution in [0.4, 0.5) is 0 Å². The van der Waals surface area contributed by atoms with E-state index >= 15 is 0 Å². The van der Waals surface area contributed by atoms with Crippen molar-refractivity contribution in [2.75, 3.05) is 26.2 Å². The molecule has 0 aromatic heterocycles. The van der Waals surface area contributed by atoms with Crippen LogP contribution in [0.15, 0.2) is 0 Å². The topological polar surface area (TPSA) is 95.9 Å². The highest BCUT2D eigenvalue weighted by atomic mass is 35.7. The first-order valence-corrected chi connectivity index (χ1v) is 10.5. The van der Waals surface area contributed by atoms with Crippen LogP contribution < -0.4 is 14.0 Å². The second kappa shape index (κ2) is 6.65. The Labute approximate surface area is 147 Å². The molecule has 0 aromatic carbocycles. The molecule has 6 nitrogen and oxygen atoms in total. The minimum Gasteiger partial charge on any atom is -0.297 e. The average Bonchev–Trinajstić information content (AvgIpc) is 2.48. The van der Waals surface area contributed by atoms with E-state index in [1.807, 2.05) is 0 Å². The summed E-state index contributed by atoms with van der Waals surface area (Å²) >= 11 is 0. The van der Waals surface area contributed by atoms with Crippen molar-refractivity contribution in [1.82, 2.24) is 9.80 Å². The van der Waals surface area contributed by atoms with E-state index in [4.69, 9.17) is 18.6 Å². The maximum atomic E-state index is 8.60. The van der Waals surface area contributed by atoms with E-state index in [9.17, 15) is 0 Å². The maximum absolute atomic E-state index is 8.60. The first-order valence-electron chi connectivity index (χ1n) is 9.26. The summed E-state index contributed by atoms with van der Waals surface area (Å²) in [5.74, 6) is 1.88. The second-order valence-corrected chi connectivity index (χ2v) is 9.34. The Bertz CT molecular complexity index is 420. The zero-order chi connectivity index (χ0) is 17.6. The highest BCUT2D eigenvalue weighted by Gasteiger charge is 2.56. The minimum absolute atomic E-state index is 0.535. The van der Waals surface area contributed by atoms with Gasteiger partial charge in [0.25, 0.3) is 0 Å². The molecule has 0 aliphatic carbocycles. The fraction of sp³-hybridized carbons (Fsp3) is 1.00. The molecule has 4 aliphatic heterocycles. The third-order valence-corrected chi connectivity index (χ3v) is 7.38. The normalized spacial score (nSPS) is 43.2. The van der Waals surface area contributed by atoms with Crippen LogP contribution in [-0.2, 0) is 0 Å². The summed E-state index contributed by atoms with van der Waals surface area (Å²) in [6.45, 7) is 10.7. The van der Waals surface area contributed by atoms with Gasteiger partial charge in [0.1, 0.15) is 0 Å². The number of nitrogens with zero attached hydrogens (tertiary/aromatic N) is 2. The van der Waals surface area contributed by atoms with Crippen molar-refractivity contribution in [2.45, 2.75) is 69.9 Å². The predicted molar refractivity (Wildman–Crippen MR) is 81.5 cm³/mol. The van der Waals surface area contributed by atoms with Crippen molar-refractivity contribution in [3.05, 3.63) is 0 Å². The van der Waals surface area contributed by atoms with E-state index in [1.165, 1.54) is 71.1 Å². The summed E-state index contributed by atoms with van der Waals surface area (Å²) in [5, 5.41) is 0. The number of hydrogen-bond acceptors (Lipinski definition) is 6. The van der Waals surface area contributed by atoms with Crippen molar-refractivity contribution in [3.63, 3.8) is 0 Å². The van der Waals surface area contributed by atoms with Crippen LogP contribution >= 0.6 is 0 Å². The molecule has 4 heterocycles. The Morgan fingerprint density at radius 3 is 1.58 bits per heavy atom. The lowest BCUT2D eigenvalue weighted by molar-refractivity contribution is -1.92. The van der Waals surface area contributed by atoms with Crippen LogP contribution in [-0.4, -0.2) is 51.7 Å². The largest absolute Gasteiger partial charge is 0.297 e. The van der Waals surface area contributed by atoms with E-state index in [0.717, 1.165) is 11.8 Å². The number of piperidine rings is 4. The van der Waals surface area contributed by atoms with Crippen molar-refractivity contribution >= 4 is 0 Å². The van der Waals surface area contributed by atoms with Crippen LogP contribution in [0.3, 0.4) is 0 Å². The van der Waals surface area contributed by atoms with Crippen molar-refractivity contribution in [3.8, 4) is 0 Å². The summed E-state index contributed by atoms with van der Waals surface area (Å²) in [7, 11) is -4.69. The number of fused-ring (bicyclic) bond motifs is 6. The fourth-order valence-electron chi connectivity index (χ4n) is 5.85. The van der Waals surface area contributed by atoms with Gasteiger partial charge in [0.05, 0.1) is 14.9 Å². The fourth-order valence-corrected chi connectivity index (χ4v) is 5.85. The third-order valence-electron chi connectivity index (χ3n) is 7.38. The Balaban J connectivity index is 0.000000300. The highest BCUT2D eigenvalue weighted by Crippen LogP contribution is 2.52. The van der Waals surface area contributed by atoms with E-state index in [0.29, 0.717) is 11.1 Å². The van der Waals surface area contributed by atoms with E-state index < -0.39 is 10.2 Å². The minimum atomic E-state index is -4.69. The molecule has 7 heteroatoms. The quantitative estimate of drug-likeness (QED) is 0.594. The molecule has 0 radical (unpaired) electrons. The summed E-state index contributed by atoms with van der Waals surface area (Å²) in [4.78, 5) is 5.79. The molecule has 4 rings (SSSR count). The van der Waals surface area contributed by atoms with Gasteiger partial charge in [0, 0.05) is 24.2 Å². The Hall–Kier alpha value is 0.0500. The Kier molecular flexibility index (Phi) is 5.22. The molecule has 24 heavy (non-hydrogen) atoms. The summed E-state index contributed by atoms with van der Waals surface area (Å²) < 4.78 is 32.7. The van der Waals surface area contributed by atoms with Crippen LogP contribution in [0.1, 0.15) is 58.8 Å². The molecule has 2 unspecified atom stereocenters. The van der Waals surface area contributed by atoms with Gasteiger partial charge < -0.3 is 0 Å². The van der Waals surface area contributed by atoms with E-state index in [2.05, 4.69) is 23.6 Å². The molecule has 4 fully saturated rings. The van der Waals surface area contributed by atoms with Crippen molar-refractivity contribution < 1.29 is 28.9 Å². The molecular weight excluding hydrogens is 332 g/mol. The lowest BCUT2D eigenvalue weighted by Crippen LogP contribution is -2.71. The molecular formula is C17H31ClN2O4. The third kappa shape index (κ3) is 3.61. The Morgan fingerprint density at radius 2 is 1.21 bits per heavy atom. The smallest absolute Gasteiger partial charge is 0.0777 e. The van der Waals surface area contributed by atoms with Crippen molar-refractivity contribution in [1.29, 1.82) is 0 Å². The molecule has 4 saturated heterocycles. The van der Waals surface area contributed by atoms with Crippen LogP contribution in [0, 0.1) is 22.1 Å². The standard InChI is InChI=1S/C17H30N2.ClHO4/c1-16-7-3-5-9-18(16)13-15-11-14(16)12-19-10-6-4-8-17(15,19)2;2-1(3,4)5/h14-15H,3-13H2,1-2H3;(H,2,3,4,5)/t14?,15?,16-,17+;. The van der Waals surface area contributed by atoms with Gasteiger partial charge in [-0.05, 0) is 70.9 Å². The number of hydrogen-bond donors (Lipinski definition) is 1. The zero-order valence-electron chi connectivity index (χ0n) is 14.9. The van der Waals surface area contributed by atoms with Gasteiger partial charge in [-0.2, -0.15) is 14.0 Å². The molecule has 2 bridgehead atoms. The maximum Gasteiger partial charge on any atom is 0.0777 e. The molecule has 140 valence electrons. The first-order chi connectivity index (χ1) is 11.1. The van der Waals surface area contributed by atoms with Gasteiger partial charge in [-0.25, -0.2) is 0 Å². The molecule has 0 saturated carbocycles. The lowest BCUT2D eigenvalue weighted by atomic mass is 9.60. The average molecular weight is 363 g/mol. The molecule has 4 aliphatic rings. The molecule has 0 aromatic rings. The van der Waals surface area contributed by atoms with E-state index in [1.54, 1.807) is 0 Å². The molecule has 0 spiro atoms. The summed E-state index contributed by atoms with van der Waals surface area (Å²) in [6, 6.07) is 0.